The van der Waals surface area contributed by atoms with Gasteiger partial charge in [-0.25, -0.2) is 4.79 Å². The number of carbonyl (C=O) groups is 2. The first-order valence-corrected chi connectivity index (χ1v) is 4.14. The Morgan fingerprint density at radius 2 is 1.82 bits per heavy atom. The molecule has 1 aromatic heterocycles. The van der Waals surface area contributed by atoms with E-state index in [1.807, 2.05) is 0 Å². The predicted octanol–water partition coefficient (Wildman–Crippen LogP) is 0.700. The average molecular weight is 249 g/mol. The van der Waals surface area contributed by atoms with E-state index in [4.69, 9.17) is 5.11 Å². The molecule has 1 aromatic rings. The van der Waals surface area contributed by atoms with Crippen molar-refractivity contribution in [3.05, 3.63) is 18.0 Å². The van der Waals surface area contributed by atoms with E-state index in [1.54, 1.807) is 0 Å². The highest BCUT2D eigenvalue weighted by Gasteiger charge is 2.42. The SMILES string of the molecule is CN(C(=O)C(F)(F)F)c1cnncc1C(=O)O. The van der Waals surface area contributed by atoms with Gasteiger partial charge in [-0.1, -0.05) is 0 Å². The fourth-order valence-corrected chi connectivity index (χ4v) is 1.05. The fourth-order valence-electron chi connectivity index (χ4n) is 1.05. The van der Waals surface area contributed by atoms with E-state index < -0.39 is 29.3 Å². The number of carbonyl (C=O) groups excluding carboxylic acids is 1. The highest BCUT2D eigenvalue weighted by atomic mass is 19.4. The van der Waals surface area contributed by atoms with Gasteiger partial charge in [0.15, 0.2) is 0 Å². The molecule has 6 nitrogen and oxygen atoms in total. The van der Waals surface area contributed by atoms with Crippen LogP contribution in [-0.2, 0) is 4.79 Å². The molecule has 0 radical (unpaired) electrons. The lowest BCUT2D eigenvalue weighted by Gasteiger charge is -2.19. The number of aromatic carboxylic acids is 1. The maximum absolute atomic E-state index is 12.1. The molecule has 0 aromatic carbocycles. The van der Waals surface area contributed by atoms with Gasteiger partial charge in [-0.3, -0.25) is 4.79 Å². The Hall–Kier alpha value is -2.19. The summed E-state index contributed by atoms with van der Waals surface area (Å²) in [6, 6.07) is 0. The molecule has 0 aliphatic carbocycles. The summed E-state index contributed by atoms with van der Waals surface area (Å²) in [4.78, 5) is 21.8. The monoisotopic (exact) mass is 249 g/mol. The molecule has 1 heterocycles. The lowest BCUT2D eigenvalue weighted by molar-refractivity contribution is -0.170. The van der Waals surface area contributed by atoms with Gasteiger partial charge in [0, 0.05) is 7.05 Å². The van der Waals surface area contributed by atoms with Crippen LogP contribution in [-0.4, -0.2) is 40.4 Å². The van der Waals surface area contributed by atoms with Crippen LogP contribution in [0.3, 0.4) is 0 Å². The minimum Gasteiger partial charge on any atom is -0.478 e. The molecule has 0 spiro atoms. The van der Waals surface area contributed by atoms with Crippen molar-refractivity contribution in [1.82, 2.24) is 10.2 Å². The smallest absolute Gasteiger partial charge is 0.471 e. The van der Waals surface area contributed by atoms with E-state index in [-0.39, 0.29) is 4.90 Å². The van der Waals surface area contributed by atoms with E-state index in [0.717, 1.165) is 19.4 Å². The topological polar surface area (TPSA) is 83.4 Å². The van der Waals surface area contributed by atoms with E-state index in [2.05, 4.69) is 10.2 Å². The molecule has 9 heteroatoms. The Bertz CT molecular complexity index is 461. The maximum Gasteiger partial charge on any atom is 0.471 e. The Kier molecular flexibility index (Phi) is 3.30. The number of alkyl halides is 3. The normalized spacial score (nSPS) is 11.1. The van der Waals surface area contributed by atoms with Gasteiger partial charge >= 0.3 is 18.1 Å². The van der Waals surface area contributed by atoms with Gasteiger partial charge in [0.2, 0.25) is 0 Å². The highest BCUT2D eigenvalue weighted by molar-refractivity contribution is 6.02. The first-order chi connectivity index (χ1) is 7.75. The largest absolute Gasteiger partial charge is 0.478 e. The molecule has 0 atom stereocenters. The van der Waals surface area contributed by atoms with E-state index in [0.29, 0.717) is 0 Å². The number of carboxylic acid groups (broad SMARTS) is 1. The second-order valence-corrected chi connectivity index (χ2v) is 2.96. The van der Waals surface area contributed by atoms with Crippen molar-refractivity contribution in [1.29, 1.82) is 0 Å². The number of aromatic nitrogens is 2. The number of carboxylic acids is 1. The molecule has 0 fully saturated rings. The van der Waals surface area contributed by atoms with Crippen LogP contribution in [0, 0.1) is 0 Å². The predicted molar refractivity (Wildman–Crippen MR) is 48.5 cm³/mol. The summed E-state index contributed by atoms with van der Waals surface area (Å²) in [5.41, 5.74) is -1.02. The molecule has 0 bridgehead atoms. The second kappa shape index (κ2) is 4.36. The van der Waals surface area contributed by atoms with Crippen molar-refractivity contribution in [2.45, 2.75) is 6.18 Å². The molecule has 0 saturated heterocycles. The molecular weight excluding hydrogens is 243 g/mol. The molecule has 1 N–H and O–H groups in total. The Morgan fingerprint density at radius 3 is 2.29 bits per heavy atom. The minimum atomic E-state index is -5.09. The lowest BCUT2D eigenvalue weighted by Crippen LogP contribution is -2.39. The Balaban J connectivity index is 3.17. The van der Waals surface area contributed by atoms with Crippen LogP contribution in [0.4, 0.5) is 18.9 Å². The van der Waals surface area contributed by atoms with Gasteiger partial charge in [-0.2, -0.15) is 23.4 Å². The first-order valence-electron chi connectivity index (χ1n) is 4.14. The first kappa shape index (κ1) is 12.9. The van der Waals surface area contributed by atoms with Crippen LogP contribution in [0.5, 0.6) is 0 Å². The van der Waals surface area contributed by atoms with Crippen LogP contribution >= 0.6 is 0 Å². The van der Waals surface area contributed by atoms with Gasteiger partial charge in [-0.15, -0.1) is 0 Å². The number of rotatable bonds is 2. The summed E-state index contributed by atoms with van der Waals surface area (Å²) in [6.45, 7) is 0. The molecule has 1 rings (SSSR count). The number of hydrogen-bond donors (Lipinski definition) is 1. The third kappa shape index (κ3) is 2.68. The van der Waals surface area contributed by atoms with Crippen LogP contribution in [0.25, 0.3) is 0 Å². The zero-order chi connectivity index (χ0) is 13.2. The number of halogens is 3. The summed E-state index contributed by atoms with van der Waals surface area (Å²) < 4.78 is 36.4. The maximum atomic E-state index is 12.1. The molecule has 92 valence electrons. The van der Waals surface area contributed by atoms with Crippen LogP contribution in [0.1, 0.15) is 10.4 Å². The van der Waals surface area contributed by atoms with Crippen molar-refractivity contribution >= 4 is 17.6 Å². The van der Waals surface area contributed by atoms with Crippen LogP contribution in [0.2, 0.25) is 0 Å². The lowest BCUT2D eigenvalue weighted by atomic mass is 10.2. The second-order valence-electron chi connectivity index (χ2n) is 2.96. The summed E-state index contributed by atoms with van der Waals surface area (Å²) in [7, 11) is 0.805. The van der Waals surface area contributed by atoms with E-state index in [1.165, 1.54) is 0 Å². The van der Waals surface area contributed by atoms with Crippen molar-refractivity contribution in [2.75, 3.05) is 11.9 Å². The van der Waals surface area contributed by atoms with E-state index in [9.17, 15) is 22.8 Å². The quantitative estimate of drug-likeness (QED) is 0.834. The van der Waals surface area contributed by atoms with Crippen LogP contribution < -0.4 is 4.90 Å². The number of hydrogen-bond acceptors (Lipinski definition) is 4. The van der Waals surface area contributed by atoms with Crippen molar-refractivity contribution in [3.63, 3.8) is 0 Å². The molecule has 1 amide bonds. The third-order valence-electron chi connectivity index (χ3n) is 1.85. The molecule has 17 heavy (non-hydrogen) atoms. The summed E-state index contributed by atoms with van der Waals surface area (Å²) >= 11 is 0. The van der Waals surface area contributed by atoms with E-state index >= 15 is 0 Å². The number of nitrogens with zero attached hydrogens (tertiary/aromatic N) is 3. The molecule has 0 aliphatic rings. The van der Waals surface area contributed by atoms with Gasteiger partial charge in [0.25, 0.3) is 0 Å². The third-order valence-corrected chi connectivity index (χ3v) is 1.85. The molecule has 0 saturated carbocycles. The van der Waals surface area contributed by atoms with Gasteiger partial charge in [0.1, 0.15) is 5.56 Å². The summed E-state index contributed by atoms with van der Waals surface area (Å²) in [5.74, 6) is -3.69. The van der Waals surface area contributed by atoms with Gasteiger partial charge in [0.05, 0.1) is 18.1 Å². The minimum absolute atomic E-state index is 0.165. The molecular formula is C8H6F3N3O3. The van der Waals surface area contributed by atoms with Crippen molar-refractivity contribution < 1.29 is 27.9 Å². The van der Waals surface area contributed by atoms with Gasteiger partial charge < -0.3 is 10.0 Å². The van der Waals surface area contributed by atoms with Crippen molar-refractivity contribution in [3.8, 4) is 0 Å². The van der Waals surface area contributed by atoms with Crippen LogP contribution in [0.15, 0.2) is 12.4 Å². The molecule has 0 aliphatic heterocycles. The Labute approximate surface area is 92.7 Å². The molecule has 0 unspecified atom stereocenters. The zero-order valence-corrected chi connectivity index (χ0v) is 8.39. The summed E-state index contributed by atoms with van der Waals surface area (Å²) in [5, 5.41) is 15.2. The highest BCUT2D eigenvalue weighted by Crippen LogP contribution is 2.24. The average Bonchev–Trinajstić information content (AvgIpc) is 2.25. The number of amides is 1. The zero-order valence-electron chi connectivity index (χ0n) is 8.39. The fraction of sp³-hybridized carbons (Fsp3) is 0.250. The summed E-state index contributed by atoms with van der Waals surface area (Å²) in [6.07, 6.45) is -3.56. The standard InChI is InChI=1S/C8H6F3N3O3/c1-14(7(17)8(9,10)11)5-3-13-12-2-4(5)6(15)16/h2-3H,1H3,(H,15,16). The van der Waals surface area contributed by atoms with Crippen molar-refractivity contribution in [2.24, 2.45) is 0 Å². The van der Waals surface area contributed by atoms with Gasteiger partial charge in [-0.05, 0) is 0 Å². The Morgan fingerprint density at radius 1 is 1.29 bits per heavy atom. The number of anilines is 1.